The van der Waals surface area contributed by atoms with Crippen LogP contribution in [0.15, 0.2) is 35.3 Å². The molecule has 1 unspecified atom stereocenters. The molecule has 1 atom stereocenters. The van der Waals surface area contributed by atoms with Crippen molar-refractivity contribution in [3.63, 3.8) is 0 Å². The summed E-state index contributed by atoms with van der Waals surface area (Å²) < 4.78 is 0. The summed E-state index contributed by atoms with van der Waals surface area (Å²) in [5, 5.41) is 0. The lowest BCUT2D eigenvalue weighted by atomic mass is 9.92. The van der Waals surface area contributed by atoms with Gasteiger partial charge in [0.2, 0.25) is 0 Å². The molecule has 17 heavy (non-hydrogen) atoms. The van der Waals surface area contributed by atoms with Crippen LogP contribution in [0.3, 0.4) is 0 Å². The number of hydrogen-bond donors (Lipinski definition) is 0. The van der Waals surface area contributed by atoms with Gasteiger partial charge >= 0.3 is 0 Å². The van der Waals surface area contributed by atoms with E-state index in [0.29, 0.717) is 0 Å². The van der Waals surface area contributed by atoms with E-state index in [2.05, 4.69) is 42.2 Å². The molecule has 0 N–H and O–H groups in total. The lowest BCUT2D eigenvalue weighted by molar-refractivity contribution is 0.574. The van der Waals surface area contributed by atoms with Crippen LogP contribution in [-0.4, -0.2) is 12.3 Å². The van der Waals surface area contributed by atoms with E-state index in [1.54, 1.807) is 0 Å². The number of benzene rings is 1. The first-order chi connectivity index (χ1) is 7.90. The first kappa shape index (κ1) is 13.9. The van der Waals surface area contributed by atoms with Crippen LogP contribution in [0, 0.1) is 5.92 Å². The molecule has 0 amide bonds. The van der Waals surface area contributed by atoms with Gasteiger partial charge in [-0.15, -0.1) is 0 Å². The Morgan fingerprint density at radius 2 is 2.00 bits per heavy atom. The van der Waals surface area contributed by atoms with Crippen LogP contribution in [-0.2, 0) is 6.42 Å². The highest BCUT2D eigenvalue weighted by molar-refractivity contribution is 5.90. The number of rotatable bonds is 5. The molecule has 1 aromatic carbocycles. The van der Waals surface area contributed by atoms with E-state index in [-0.39, 0.29) is 4.70 Å². The van der Waals surface area contributed by atoms with Gasteiger partial charge in [-0.2, -0.15) is 0 Å². The number of hydrogen-bond acceptors (Lipinski definition) is 1. The highest BCUT2D eigenvalue weighted by Gasteiger charge is 2.20. The number of halogens is 1. The van der Waals surface area contributed by atoms with Crippen LogP contribution in [0.2, 0.25) is 0 Å². The number of nitrogens with zero attached hydrogens (tertiary/aromatic N) is 1. The van der Waals surface area contributed by atoms with E-state index in [1.165, 1.54) is 37.0 Å². The van der Waals surface area contributed by atoms with Crippen LogP contribution in [0.5, 0.6) is 0 Å². The third kappa shape index (κ3) is 3.95. The van der Waals surface area contributed by atoms with Gasteiger partial charge in [0.25, 0.3) is 0 Å². The molecule has 1 nitrogen and oxygen atoms in total. The van der Waals surface area contributed by atoms with E-state index >= 15 is 0 Å². The Kier molecular flexibility index (Phi) is 5.88. The van der Waals surface area contributed by atoms with Gasteiger partial charge in [0, 0.05) is 18.7 Å². The van der Waals surface area contributed by atoms with E-state index in [0.717, 1.165) is 18.9 Å². The van der Waals surface area contributed by atoms with Crippen molar-refractivity contribution < 1.29 is 4.70 Å². The van der Waals surface area contributed by atoms with Gasteiger partial charge in [0.15, 0.2) is 0 Å². The second-order valence-corrected chi connectivity index (χ2v) is 4.66. The Morgan fingerprint density at radius 1 is 1.24 bits per heavy atom. The Bertz CT molecular complexity index is 345. The third-order valence-corrected chi connectivity index (χ3v) is 3.40. The Balaban J connectivity index is 0.00000144. The van der Waals surface area contributed by atoms with Gasteiger partial charge in [0.1, 0.15) is 0 Å². The molecule has 1 aliphatic rings. The van der Waals surface area contributed by atoms with E-state index in [4.69, 9.17) is 0 Å². The van der Waals surface area contributed by atoms with Crippen molar-refractivity contribution in [2.75, 3.05) is 6.54 Å². The van der Waals surface area contributed by atoms with Crippen molar-refractivity contribution in [3.05, 3.63) is 35.9 Å². The molecule has 0 spiro atoms. The molecular weight excluding hydrogens is 213 g/mol. The Labute approximate surface area is 103 Å². The maximum atomic E-state index is 4.68. The normalized spacial score (nSPS) is 18.6. The van der Waals surface area contributed by atoms with E-state index in [1.807, 2.05) is 0 Å². The zero-order valence-corrected chi connectivity index (χ0v) is 10.6. The fourth-order valence-electron chi connectivity index (χ4n) is 2.43. The molecule has 0 saturated heterocycles. The van der Waals surface area contributed by atoms with Crippen LogP contribution >= 0.6 is 0 Å². The van der Waals surface area contributed by atoms with Crippen molar-refractivity contribution in [2.45, 2.75) is 39.0 Å². The topological polar surface area (TPSA) is 12.4 Å². The summed E-state index contributed by atoms with van der Waals surface area (Å²) in [5.74, 6) is 0.764. The van der Waals surface area contributed by atoms with Crippen molar-refractivity contribution >= 4 is 5.71 Å². The predicted molar refractivity (Wildman–Crippen MR) is 72.6 cm³/mol. The van der Waals surface area contributed by atoms with Gasteiger partial charge in [0.05, 0.1) is 0 Å². The average Bonchev–Trinajstić information content (AvgIpc) is 2.75. The van der Waals surface area contributed by atoms with E-state index in [9.17, 15) is 0 Å². The monoisotopic (exact) mass is 235 g/mol. The van der Waals surface area contributed by atoms with Crippen LogP contribution in [0.1, 0.15) is 38.2 Å². The molecule has 0 radical (unpaired) electrons. The maximum absolute atomic E-state index is 4.68. The third-order valence-electron chi connectivity index (χ3n) is 3.40. The van der Waals surface area contributed by atoms with Gasteiger partial charge in [-0.05, 0) is 24.3 Å². The standard InChI is InChI=1S/C15H21N.FH/c1-2-3-9-14-10-11-16-15(14)12-13-7-5-4-6-8-13;/h4-8,14H,2-3,9-12H2,1H3;1H. The molecule has 2 rings (SSSR count). The number of aliphatic imine (C=N–C) groups is 1. The second-order valence-electron chi connectivity index (χ2n) is 4.66. The van der Waals surface area contributed by atoms with Gasteiger partial charge in [-0.3, -0.25) is 9.70 Å². The molecule has 0 bridgehead atoms. The lowest BCUT2D eigenvalue weighted by Gasteiger charge is -2.12. The Hall–Kier alpha value is -1.18. The zero-order chi connectivity index (χ0) is 11.2. The highest BCUT2D eigenvalue weighted by Crippen LogP contribution is 2.22. The van der Waals surface area contributed by atoms with Crippen LogP contribution in [0.25, 0.3) is 0 Å². The molecule has 0 saturated carbocycles. The van der Waals surface area contributed by atoms with Crippen molar-refractivity contribution in [1.29, 1.82) is 0 Å². The van der Waals surface area contributed by atoms with Crippen LogP contribution in [0.4, 0.5) is 4.70 Å². The van der Waals surface area contributed by atoms with Gasteiger partial charge in [-0.25, -0.2) is 0 Å². The smallest absolute Gasteiger partial charge is 0.0395 e. The molecule has 0 fully saturated rings. The summed E-state index contributed by atoms with van der Waals surface area (Å²) in [6.45, 7) is 3.32. The molecular formula is C15H22FN. The largest absolute Gasteiger partial charge is 0.293 e. The zero-order valence-electron chi connectivity index (χ0n) is 10.6. The molecule has 1 heterocycles. The van der Waals surface area contributed by atoms with Gasteiger partial charge in [-0.1, -0.05) is 50.1 Å². The average molecular weight is 235 g/mol. The van der Waals surface area contributed by atoms with Crippen molar-refractivity contribution in [2.24, 2.45) is 10.9 Å². The predicted octanol–water partition coefficient (Wildman–Crippen LogP) is 4.03. The van der Waals surface area contributed by atoms with Crippen LogP contribution < -0.4 is 0 Å². The SMILES string of the molecule is CCCCC1CCN=C1Cc1ccccc1.F. The summed E-state index contributed by atoms with van der Waals surface area (Å²) in [7, 11) is 0. The first-order valence-electron chi connectivity index (χ1n) is 6.47. The maximum Gasteiger partial charge on any atom is 0.0395 e. The lowest BCUT2D eigenvalue weighted by Crippen LogP contribution is -2.12. The second kappa shape index (κ2) is 7.21. The minimum absolute atomic E-state index is 0. The summed E-state index contributed by atoms with van der Waals surface area (Å²) in [6, 6.07) is 10.7. The van der Waals surface area contributed by atoms with E-state index < -0.39 is 0 Å². The van der Waals surface area contributed by atoms with Gasteiger partial charge < -0.3 is 0 Å². The summed E-state index contributed by atoms with van der Waals surface area (Å²) in [6.07, 6.45) is 6.33. The molecule has 1 aromatic rings. The molecule has 94 valence electrons. The Morgan fingerprint density at radius 3 is 2.71 bits per heavy atom. The van der Waals surface area contributed by atoms with Crippen molar-refractivity contribution in [1.82, 2.24) is 0 Å². The first-order valence-corrected chi connectivity index (χ1v) is 6.47. The molecule has 2 heteroatoms. The summed E-state index contributed by atoms with van der Waals surface area (Å²) >= 11 is 0. The summed E-state index contributed by atoms with van der Waals surface area (Å²) in [5.41, 5.74) is 2.85. The molecule has 1 aliphatic heterocycles. The molecule has 0 aliphatic carbocycles. The summed E-state index contributed by atoms with van der Waals surface area (Å²) in [4.78, 5) is 4.68. The molecule has 0 aromatic heterocycles. The minimum atomic E-state index is 0. The fourth-order valence-corrected chi connectivity index (χ4v) is 2.43. The fraction of sp³-hybridized carbons (Fsp3) is 0.533. The van der Waals surface area contributed by atoms with Crippen molar-refractivity contribution in [3.8, 4) is 0 Å². The highest BCUT2D eigenvalue weighted by atomic mass is 19.0. The number of unbranched alkanes of at least 4 members (excludes halogenated alkanes) is 1. The quantitative estimate of drug-likeness (QED) is 0.730. The minimum Gasteiger partial charge on any atom is -0.293 e.